The molecule has 1 fully saturated rings. The van der Waals surface area contributed by atoms with Crippen molar-refractivity contribution in [3.05, 3.63) is 54.1 Å². The van der Waals surface area contributed by atoms with E-state index < -0.39 is 10.0 Å². The quantitative estimate of drug-likeness (QED) is 0.781. The summed E-state index contributed by atoms with van der Waals surface area (Å²) in [5.74, 6) is 0. The number of nitrogens with two attached hydrogens (primary N) is 1. The van der Waals surface area contributed by atoms with Crippen LogP contribution in [0.15, 0.2) is 53.4 Å². The molecular weight excluding hydrogens is 362 g/mol. The molecule has 146 valence electrons. The number of methoxy groups -OCH3 is 1. The highest BCUT2D eigenvalue weighted by Crippen LogP contribution is 2.23. The molecule has 6 nitrogen and oxygen atoms in total. The second kappa shape index (κ2) is 8.95. The first-order valence-electron chi connectivity index (χ1n) is 9.11. The maximum atomic E-state index is 11.4. The van der Waals surface area contributed by atoms with Crippen molar-refractivity contribution in [1.82, 2.24) is 9.80 Å². The highest BCUT2D eigenvalue weighted by Gasteiger charge is 2.16. The van der Waals surface area contributed by atoms with Crippen molar-refractivity contribution in [2.24, 2.45) is 5.14 Å². The summed E-state index contributed by atoms with van der Waals surface area (Å²) in [5, 5.41) is 5.17. The van der Waals surface area contributed by atoms with Gasteiger partial charge in [0.25, 0.3) is 0 Å². The zero-order valence-electron chi connectivity index (χ0n) is 15.7. The van der Waals surface area contributed by atoms with Crippen LogP contribution >= 0.6 is 0 Å². The van der Waals surface area contributed by atoms with E-state index >= 15 is 0 Å². The van der Waals surface area contributed by atoms with Crippen molar-refractivity contribution in [2.75, 3.05) is 46.4 Å². The molecule has 27 heavy (non-hydrogen) atoms. The molecule has 2 N–H and O–H groups in total. The number of rotatable bonds is 7. The van der Waals surface area contributed by atoms with Gasteiger partial charge in [0.15, 0.2) is 0 Å². The Labute approximate surface area is 161 Å². The van der Waals surface area contributed by atoms with Crippen LogP contribution in [0, 0.1) is 0 Å². The van der Waals surface area contributed by atoms with Gasteiger partial charge in [-0.3, -0.25) is 9.80 Å². The number of piperazine rings is 1. The van der Waals surface area contributed by atoms with Gasteiger partial charge in [-0.1, -0.05) is 30.3 Å². The summed E-state index contributed by atoms with van der Waals surface area (Å²) in [7, 11) is -1.92. The smallest absolute Gasteiger partial charge is 0.238 e. The molecule has 1 heterocycles. The fourth-order valence-corrected chi connectivity index (χ4v) is 3.85. The van der Waals surface area contributed by atoms with Gasteiger partial charge in [-0.2, -0.15) is 0 Å². The van der Waals surface area contributed by atoms with Gasteiger partial charge in [0.1, 0.15) is 0 Å². The predicted molar refractivity (Wildman–Crippen MR) is 107 cm³/mol. The molecule has 0 saturated carbocycles. The Morgan fingerprint density at radius 1 is 0.963 bits per heavy atom. The van der Waals surface area contributed by atoms with Crippen molar-refractivity contribution >= 4 is 10.0 Å². The summed E-state index contributed by atoms with van der Waals surface area (Å²) >= 11 is 0. The fraction of sp³-hybridized carbons (Fsp3) is 0.400. The Bertz CT molecular complexity index is 845. The molecule has 0 amide bonds. The largest absolute Gasteiger partial charge is 0.383 e. The van der Waals surface area contributed by atoms with Crippen molar-refractivity contribution in [3.63, 3.8) is 0 Å². The van der Waals surface area contributed by atoms with Crippen LogP contribution in [0.5, 0.6) is 0 Å². The molecule has 0 aromatic heterocycles. The Hall–Kier alpha value is -1.77. The Kier molecular flexibility index (Phi) is 6.62. The number of ether oxygens (including phenoxy) is 1. The minimum atomic E-state index is -3.66. The summed E-state index contributed by atoms with van der Waals surface area (Å²) in [6.45, 7) is 6.94. The Morgan fingerprint density at radius 3 is 2.26 bits per heavy atom. The third kappa shape index (κ3) is 5.60. The number of benzene rings is 2. The van der Waals surface area contributed by atoms with Crippen LogP contribution in [0.1, 0.15) is 5.56 Å². The van der Waals surface area contributed by atoms with Crippen LogP contribution in [-0.4, -0.2) is 64.7 Å². The lowest BCUT2D eigenvalue weighted by Crippen LogP contribution is -2.46. The average molecular weight is 390 g/mol. The molecular formula is C20H27N3O3S. The number of nitrogens with zero attached hydrogens (tertiary/aromatic N) is 2. The molecule has 0 atom stereocenters. The van der Waals surface area contributed by atoms with E-state index in [4.69, 9.17) is 9.88 Å². The molecule has 0 spiro atoms. The van der Waals surface area contributed by atoms with Gasteiger partial charge in [-0.05, 0) is 34.9 Å². The molecule has 0 aliphatic carbocycles. The van der Waals surface area contributed by atoms with E-state index in [2.05, 4.69) is 21.9 Å². The maximum Gasteiger partial charge on any atom is 0.238 e. The molecule has 1 aliphatic rings. The van der Waals surface area contributed by atoms with E-state index in [1.54, 1.807) is 31.4 Å². The lowest BCUT2D eigenvalue weighted by molar-refractivity contribution is 0.0938. The molecule has 1 saturated heterocycles. The SMILES string of the molecule is COCCN1CCN(Cc2cccc(-c3ccc(S(N)(=O)=O)cc3)c2)CC1. The van der Waals surface area contributed by atoms with Gasteiger partial charge in [-0.25, -0.2) is 13.6 Å². The molecule has 0 radical (unpaired) electrons. The monoisotopic (exact) mass is 389 g/mol. The third-order valence-electron chi connectivity index (χ3n) is 4.93. The van der Waals surface area contributed by atoms with Gasteiger partial charge in [-0.15, -0.1) is 0 Å². The minimum absolute atomic E-state index is 0.133. The average Bonchev–Trinajstić information content (AvgIpc) is 2.67. The van der Waals surface area contributed by atoms with Crippen LogP contribution in [0.3, 0.4) is 0 Å². The van der Waals surface area contributed by atoms with Gasteiger partial charge in [0.2, 0.25) is 10.0 Å². The number of hydrogen-bond donors (Lipinski definition) is 1. The zero-order chi connectivity index (χ0) is 19.3. The number of hydrogen-bond acceptors (Lipinski definition) is 5. The van der Waals surface area contributed by atoms with Crippen molar-refractivity contribution in [2.45, 2.75) is 11.4 Å². The summed E-state index contributed by atoms with van der Waals surface area (Å²) in [5.41, 5.74) is 3.31. The molecule has 3 rings (SSSR count). The molecule has 0 unspecified atom stereocenters. The summed E-state index contributed by atoms with van der Waals surface area (Å²) in [4.78, 5) is 5.03. The highest BCUT2D eigenvalue weighted by atomic mass is 32.2. The van der Waals surface area contributed by atoms with E-state index in [0.29, 0.717) is 0 Å². The normalized spacial score (nSPS) is 16.5. The molecule has 0 bridgehead atoms. The van der Waals surface area contributed by atoms with Crippen LogP contribution < -0.4 is 5.14 Å². The van der Waals surface area contributed by atoms with Gasteiger partial charge >= 0.3 is 0 Å². The summed E-state index contributed by atoms with van der Waals surface area (Å²) in [6.07, 6.45) is 0. The second-order valence-electron chi connectivity index (χ2n) is 6.88. The number of sulfonamides is 1. The van der Waals surface area contributed by atoms with Crippen LogP contribution in [0.4, 0.5) is 0 Å². The summed E-state index contributed by atoms with van der Waals surface area (Å²) < 4.78 is 28.0. The van der Waals surface area contributed by atoms with Crippen molar-refractivity contribution in [3.8, 4) is 11.1 Å². The highest BCUT2D eigenvalue weighted by molar-refractivity contribution is 7.89. The standard InChI is InChI=1S/C20H27N3O3S/c1-26-14-13-22-9-11-23(12-10-22)16-17-3-2-4-19(15-17)18-5-7-20(8-6-18)27(21,24)25/h2-8,15H,9-14,16H2,1H3,(H2,21,24,25). The Morgan fingerprint density at radius 2 is 1.63 bits per heavy atom. The third-order valence-corrected chi connectivity index (χ3v) is 5.86. The maximum absolute atomic E-state index is 11.4. The molecule has 7 heteroatoms. The van der Waals surface area contributed by atoms with E-state index in [-0.39, 0.29) is 4.90 Å². The lowest BCUT2D eigenvalue weighted by atomic mass is 10.0. The molecule has 2 aromatic carbocycles. The van der Waals surface area contributed by atoms with Crippen molar-refractivity contribution in [1.29, 1.82) is 0 Å². The van der Waals surface area contributed by atoms with E-state index in [0.717, 1.165) is 57.0 Å². The zero-order valence-corrected chi connectivity index (χ0v) is 16.5. The first-order chi connectivity index (χ1) is 13.0. The second-order valence-corrected chi connectivity index (χ2v) is 8.44. The minimum Gasteiger partial charge on any atom is -0.383 e. The predicted octanol–water partition coefficient (Wildman–Crippen LogP) is 1.76. The van der Waals surface area contributed by atoms with Crippen molar-refractivity contribution < 1.29 is 13.2 Å². The van der Waals surface area contributed by atoms with Crippen LogP contribution in [0.2, 0.25) is 0 Å². The lowest BCUT2D eigenvalue weighted by Gasteiger charge is -2.34. The molecule has 1 aliphatic heterocycles. The fourth-order valence-electron chi connectivity index (χ4n) is 3.34. The topological polar surface area (TPSA) is 75.9 Å². The number of primary sulfonamides is 1. The van der Waals surface area contributed by atoms with Crippen LogP contribution in [0.25, 0.3) is 11.1 Å². The van der Waals surface area contributed by atoms with E-state index in [1.165, 1.54) is 5.56 Å². The van der Waals surface area contributed by atoms with Crippen LogP contribution in [-0.2, 0) is 21.3 Å². The Balaban J connectivity index is 1.63. The van der Waals surface area contributed by atoms with E-state index in [1.807, 2.05) is 12.1 Å². The first-order valence-corrected chi connectivity index (χ1v) is 10.7. The van der Waals surface area contributed by atoms with Gasteiger partial charge in [0, 0.05) is 46.4 Å². The summed E-state index contributed by atoms with van der Waals surface area (Å²) in [6, 6.07) is 15.1. The van der Waals surface area contributed by atoms with E-state index in [9.17, 15) is 8.42 Å². The van der Waals surface area contributed by atoms with Gasteiger partial charge in [0.05, 0.1) is 11.5 Å². The first kappa shape index (κ1) is 20.0. The van der Waals surface area contributed by atoms with Gasteiger partial charge < -0.3 is 4.74 Å². The molecule has 2 aromatic rings.